The fourth-order valence-corrected chi connectivity index (χ4v) is 13.9. The van der Waals surface area contributed by atoms with Crippen LogP contribution in [0.15, 0.2) is 103 Å². The Morgan fingerprint density at radius 2 is 1.12 bits per heavy atom. The second kappa shape index (κ2) is 12.5. The molecule has 42 heavy (non-hydrogen) atoms. The molecule has 0 bridgehead atoms. The van der Waals surface area contributed by atoms with Gasteiger partial charge in [-0.2, -0.15) is 0 Å². The van der Waals surface area contributed by atoms with Gasteiger partial charge in [0.2, 0.25) is 0 Å². The number of rotatable bonds is 5. The van der Waals surface area contributed by atoms with Gasteiger partial charge in [0.1, 0.15) is 0 Å². The summed E-state index contributed by atoms with van der Waals surface area (Å²) in [6.45, 7) is 15.4. The summed E-state index contributed by atoms with van der Waals surface area (Å²) in [5, 5.41) is 9.35. The van der Waals surface area contributed by atoms with E-state index in [1.807, 2.05) is 0 Å². The van der Waals surface area contributed by atoms with Crippen molar-refractivity contribution in [2.24, 2.45) is 0 Å². The van der Waals surface area contributed by atoms with Crippen LogP contribution in [0.4, 0.5) is 0 Å². The van der Waals surface area contributed by atoms with Crippen molar-refractivity contribution in [3.8, 4) is 0 Å². The van der Waals surface area contributed by atoms with Crippen molar-refractivity contribution in [1.82, 2.24) is 0 Å². The molecule has 2 aliphatic carbocycles. The van der Waals surface area contributed by atoms with Crippen LogP contribution in [-0.2, 0) is 24.7 Å². The quantitative estimate of drug-likeness (QED) is 0.269. The van der Waals surface area contributed by atoms with E-state index >= 15 is 0 Å². The minimum absolute atomic E-state index is 0. The van der Waals surface area contributed by atoms with E-state index in [-0.39, 0.29) is 24.8 Å². The Balaban J connectivity index is 0.00000202. The van der Waals surface area contributed by atoms with Gasteiger partial charge in [-0.25, -0.2) is 0 Å². The monoisotopic (exact) mass is 697 g/mol. The van der Waals surface area contributed by atoms with Gasteiger partial charge in [-0.1, -0.05) is 0 Å². The summed E-state index contributed by atoms with van der Waals surface area (Å²) in [4.78, 5) is 0. The van der Waals surface area contributed by atoms with Crippen molar-refractivity contribution in [2.45, 2.75) is 45.7 Å². The second-order valence-electron chi connectivity index (χ2n) is 13.1. The van der Waals surface area contributed by atoms with Gasteiger partial charge in [0, 0.05) is 0 Å². The molecule has 0 fully saturated rings. The molecule has 0 unspecified atom stereocenters. The van der Waals surface area contributed by atoms with E-state index in [2.05, 4.69) is 142 Å². The first kappa shape index (κ1) is 32.9. The van der Waals surface area contributed by atoms with E-state index in [1.165, 1.54) is 77.1 Å². The van der Waals surface area contributed by atoms with Crippen LogP contribution in [0.1, 0.15) is 28.7 Å². The molecule has 0 aromatic heterocycles. The first-order valence-corrected chi connectivity index (χ1v) is 22.6. The van der Waals surface area contributed by atoms with Crippen LogP contribution in [-0.4, -0.2) is 16.1 Å². The van der Waals surface area contributed by atoms with Crippen molar-refractivity contribution in [3.05, 3.63) is 146 Å². The molecule has 0 heterocycles. The van der Waals surface area contributed by atoms with E-state index < -0.39 is 16.1 Å². The van der Waals surface area contributed by atoms with E-state index in [0.29, 0.717) is 0 Å². The van der Waals surface area contributed by atoms with Gasteiger partial charge in [-0.05, 0) is 0 Å². The first-order valence-electron chi connectivity index (χ1n) is 14.4. The smallest absolute Gasteiger partial charge is 1.00 e. The van der Waals surface area contributed by atoms with Crippen molar-refractivity contribution in [3.63, 3.8) is 0 Å². The Labute approximate surface area is 280 Å². The summed E-state index contributed by atoms with van der Waals surface area (Å²) in [6.07, 6.45) is 7.98. The molecule has 4 aromatic carbocycles. The molecule has 0 atom stereocenters. The topological polar surface area (TPSA) is 0 Å². The van der Waals surface area contributed by atoms with Crippen LogP contribution in [0.3, 0.4) is 0 Å². The summed E-state index contributed by atoms with van der Waals surface area (Å²) >= 11 is 1.49. The van der Waals surface area contributed by atoms with Crippen molar-refractivity contribution < 1.29 is 49.5 Å². The van der Waals surface area contributed by atoms with E-state index in [1.54, 1.807) is 15.6 Å². The maximum absolute atomic E-state index is 2.57. The molecule has 0 nitrogen and oxygen atoms in total. The predicted octanol–water partition coefficient (Wildman–Crippen LogP) is 0.679. The third-order valence-corrected chi connectivity index (χ3v) is 13.7. The van der Waals surface area contributed by atoms with E-state index in [4.69, 9.17) is 0 Å². The number of fused-ring (bicyclic) bond motifs is 2. The van der Waals surface area contributed by atoms with E-state index in [0.717, 1.165) is 6.42 Å². The molecule has 0 aliphatic heterocycles. The molecule has 0 spiro atoms. The zero-order chi connectivity index (χ0) is 28.2. The van der Waals surface area contributed by atoms with Gasteiger partial charge < -0.3 is 24.8 Å². The average molecular weight is 700 g/mol. The number of hydrogen-bond donors (Lipinski definition) is 0. The first-order chi connectivity index (χ1) is 19.1. The molecule has 0 amide bonds. The van der Waals surface area contributed by atoms with Crippen LogP contribution < -0.4 is 45.6 Å². The van der Waals surface area contributed by atoms with E-state index in [9.17, 15) is 0 Å². The second-order valence-corrected chi connectivity index (χ2v) is 24.3. The fraction of sp³-hybridized carbons (Fsp3) is 0.189. The third-order valence-electron chi connectivity index (χ3n) is 8.18. The minimum Gasteiger partial charge on any atom is -1.00 e. The SMILES string of the molecule is C[Si](C)(C)c1c([Si](C)(C)C)c2c(c(C3=CC=CC3)c1=C(c1ccccc1)c1ccccc1)[C]([Zr+2])=c1ccccc1=2.[Cl-].[Cl-]. The molecule has 2 aliphatic rings. The Morgan fingerprint density at radius 1 is 0.619 bits per heavy atom. The Hall–Kier alpha value is -2.00. The summed E-state index contributed by atoms with van der Waals surface area (Å²) in [7, 11) is -3.67. The van der Waals surface area contributed by atoms with Crippen molar-refractivity contribution >= 4 is 40.9 Å². The largest absolute Gasteiger partial charge is 1.00 e. The van der Waals surface area contributed by atoms with Crippen molar-refractivity contribution in [2.75, 3.05) is 0 Å². The Bertz CT molecular complexity index is 1890. The van der Waals surface area contributed by atoms with Crippen LogP contribution in [0.2, 0.25) is 39.3 Å². The van der Waals surface area contributed by atoms with Gasteiger partial charge in [0.25, 0.3) is 0 Å². The molecule has 0 saturated carbocycles. The molecular formula is C37H37Cl2Si2Zr. The standard InChI is InChI=1S/C37H37Si2.2ClH.Zr/c1-38(2,3)36-34-30-24-16-15-23-29(30)25-31(34)33(28-21-13-14-22-28)35(37(36)39(4,5)6)32(26-17-9-7-10-18-26)27-19-11-8-12-20-27;;;/h7-21,23-24H,22H2,1-6H3;2*1H;/q;;;+2/p-2. The fourth-order valence-electron chi connectivity index (χ4n) is 6.69. The molecule has 6 rings (SSSR count). The summed E-state index contributed by atoms with van der Waals surface area (Å²) in [6, 6.07) is 31.6. The number of allylic oxidation sites excluding steroid dienone is 4. The zero-order valence-electron chi connectivity index (χ0n) is 25.3. The maximum Gasteiger partial charge on any atom is -1.00 e. The summed E-state index contributed by atoms with van der Waals surface area (Å²) in [5.41, 5.74) is 8.48. The minimum atomic E-state index is -1.86. The van der Waals surface area contributed by atoms with Crippen LogP contribution >= 0.6 is 0 Å². The van der Waals surface area contributed by atoms with Gasteiger partial charge in [0.15, 0.2) is 0 Å². The maximum atomic E-state index is 2.57. The zero-order valence-corrected chi connectivity index (χ0v) is 31.2. The van der Waals surface area contributed by atoms with Gasteiger partial charge >= 0.3 is 258 Å². The molecule has 0 saturated heterocycles. The normalized spacial score (nSPS) is 13.6. The van der Waals surface area contributed by atoms with Gasteiger partial charge in [0.05, 0.1) is 0 Å². The van der Waals surface area contributed by atoms with Gasteiger partial charge in [-0.3, -0.25) is 0 Å². The van der Waals surface area contributed by atoms with Crippen LogP contribution in [0, 0.1) is 10.4 Å². The summed E-state index contributed by atoms with van der Waals surface area (Å²) < 4.78 is 1.52. The number of hydrogen-bond acceptors (Lipinski definition) is 0. The van der Waals surface area contributed by atoms with Crippen molar-refractivity contribution in [1.29, 1.82) is 0 Å². The summed E-state index contributed by atoms with van der Waals surface area (Å²) in [5.74, 6) is 0. The van der Waals surface area contributed by atoms with Crippen LogP contribution in [0.5, 0.6) is 0 Å². The predicted molar refractivity (Wildman–Crippen MR) is 175 cm³/mol. The Kier molecular flexibility index (Phi) is 9.83. The third kappa shape index (κ3) is 5.64. The number of benzene rings is 4. The van der Waals surface area contributed by atoms with Crippen LogP contribution in [0.25, 0.3) is 14.4 Å². The van der Waals surface area contributed by atoms with Gasteiger partial charge in [-0.15, -0.1) is 0 Å². The molecule has 0 radical (unpaired) electrons. The molecular weight excluding hydrogens is 663 g/mol. The molecule has 4 aromatic rings. The number of halogens is 2. The Morgan fingerprint density at radius 3 is 1.60 bits per heavy atom. The molecule has 5 heteroatoms. The molecule has 211 valence electrons. The molecule has 0 N–H and O–H groups in total. The average Bonchev–Trinajstić information content (AvgIpc) is 3.56.